The van der Waals surface area contributed by atoms with Crippen molar-refractivity contribution in [2.45, 2.75) is 17.4 Å². The summed E-state index contributed by atoms with van der Waals surface area (Å²) < 4.78 is 0. The van der Waals surface area contributed by atoms with E-state index in [0.717, 1.165) is 29.4 Å². The summed E-state index contributed by atoms with van der Waals surface area (Å²) in [5.41, 5.74) is 6.66. The normalized spacial score (nSPS) is 19.6. The van der Waals surface area contributed by atoms with Gasteiger partial charge in [0.1, 0.15) is 9.88 Å². The van der Waals surface area contributed by atoms with E-state index in [2.05, 4.69) is 22.6 Å². The third-order valence-electron chi connectivity index (χ3n) is 3.26. The van der Waals surface area contributed by atoms with Crippen LogP contribution in [0.25, 0.3) is 0 Å². The zero-order valence-corrected chi connectivity index (χ0v) is 13.1. The Morgan fingerprint density at radius 1 is 1.58 bits per heavy atom. The van der Waals surface area contributed by atoms with Gasteiger partial charge in [0.05, 0.1) is 10.6 Å². The molecule has 1 aromatic rings. The van der Waals surface area contributed by atoms with Gasteiger partial charge in [-0.2, -0.15) is 0 Å². The summed E-state index contributed by atoms with van der Waals surface area (Å²) in [6, 6.07) is 0.437. The Labute approximate surface area is 121 Å². The number of rotatable bonds is 4. The Balaban J connectivity index is 2.22. The molecule has 1 atom stereocenters. The summed E-state index contributed by atoms with van der Waals surface area (Å²) in [4.78, 5) is 15.7. The number of nitrogen functional groups attached to an aromatic ring is 1. The minimum absolute atomic E-state index is 0.116. The second-order valence-electron chi connectivity index (χ2n) is 4.68. The van der Waals surface area contributed by atoms with E-state index < -0.39 is 0 Å². The van der Waals surface area contributed by atoms with Crippen molar-refractivity contribution in [1.82, 2.24) is 10.2 Å². The summed E-state index contributed by atoms with van der Waals surface area (Å²) in [6.45, 7) is 2.14. The van der Waals surface area contributed by atoms with Gasteiger partial charge in [0.25, 0.3) is 5.91 Å². The Morgan fingerprint density at radius 2 is 2.32 bits per heavy atom. The van der Waals surface area contributed by atoms with Crippen LogP contribution >= 0.6 is 23.1 Å². The predicted molar refractivity (Wildman–Crippen MR) is 83.4 cm³/mol. The van der Waals surface area contributed by atoms with Crippen molar-refractivity contribution >= 4 is 39.7 Å². The van der Waals surface area contributed by atoms with Crippen LogP contribution in [0, 0.1) is 0 Å². The average molecular weight is 300 g/mol. The van der Waals surface area contributed by atoms with Crippen LogP contribution in [0.1, 0.15) is 16.1 Å². The van der Waals surface area contributed by atoms with E-state index in [1.165, 1.54) is 11.3 Å². The minimum Gasteiger partial charge on any atom is -0.396 e. The SMILES string of the molecule is CNC(=O)c1sc(NC2CCN(C)C2)c(SC)c1N. The first kappa shape index (κ1) is 14.5. The fraction of sp³-hybridized carbons (Fsp3) is 0.583. The van der Waals surface area contributed by atoms with E-state index >= 15 is 0 Å². The number of thiophene rings is 1. The maximum atomic E-state index is 11.8. The highest BCUT2D eigenvalue weighted by molar-refractivity contribution is 7.99. The smallest absolute Gasteiger partial charge is 0.263 e. The van der Waals surface area contributed by atoms with Crippen LogP contribution in [0.15, 0.2) is 4.90 Å². The van der Waals surface area contributed by atoms with Crippen molar-refractivity contribution < 1.29 is 4.79 Å². The summed E-state index contributed by atoms with van der Waals surface area (Å²) >= 11 is 3.03. The molecule has 0 saturated carbocycles. The Bertz CT molecular complexity index is 475. The maximum absolute atomic E-state index is 11.8. The van der Waals surface area contributed by atoms with Crippen molar-refractivity contribution in [2.75, 3.05) is 44.5 Å². The fourth-order valence-corrected chi connectivity index (χ4v) is 4.29. The van der Waals surface area contributed by atoms with Crippen molar-refractivity contribution in [3.8, 4) is 0 Å². The monoisotopic (exact) mass is 300 g/mol. The second-order valence-corrected chi connectivity index (χ2v) is 6.52. The number of carbonyl (C=O) groups excluding carboxylic acids is 1. The van der Waals surface area contributed by atoms with Gasteiger partial charge >= 0.3 is 0 Å². The minimum atomic E-state index is -0.116. The molecule has 4 N–H and O–H groups in total. The van der Waals surface area contributed by atoms with Gasteiger partial charge in [0.2, 0.25) is 0 Å². The lowest BCUT2D eigenvalue weighted by molar-refractivity contribution is 0.0968. The predicted octanol–water partition coefficient (Wildman–Crippen LogP) is 1.53. The molecular formula is C12H20N4OS2. The van der Waals surface area contributed by atoms with Crippen LogP contribution in [-0.2, 0) is 0 Å². The molecule has 1 fully saturated rings. The molecule has 1 amide bonds. The molecule has 0 aromatic carbocycles. The second kappa shape index (κ2) is 6.02. The quantitative estimate of drug-likeness (QED) is 0.736. The van der Waals surface area contributed by atoms with E-state index in [1.807, 2.05) is 6.26 Å². The van der Waals surface area contributed by atoms with Crippen molar-refractivity contribution in [2.24, 2.45) is 0 Å². The third-order valence-corrected chi connectivity index (χ3v) is 5.36. The number of nitrogens with two attached hydrogens (primary N) is 1. The van der Waals surface area contributed by atoms with Gasteiger partial charge in [0.15, 0.2) is 0 Å². The molecule has 0 spiro atoms. The summed E-state index contributed by atoms with van der Waals surface area (Å²) in [5, 5.41) is 7.18. The van der Waals surface area contributed by atoms with Gasteiger partial charge < -0.3 is 21.3 Å². The highest BCUT2D eigenvalue weighted by Gasteiger charge is 2.24. The number of hydrogen-bond acceptors (Lipinski definition) is 6. The number of nitrogens with one attached hydrogen (secondary N) is 2. The highest BCUT2D eigenvalue weighted by atomic mass is 32.2. The number of likely N-dealkylation sites (N-methyl/N-ethyl adjacent to an activating group) is 1. The molecule has 2 rings (SSSR count). The number of hydrogen-bond donors (Lipinski definition) is 3. The molecule has 1 unspecified atom stereocenters. The average Bonchev–Trinajstić information content (AvgIpc) is 2.93. The van der Waals surface area contributed by atoms with Gasteiger partial charge in [-0.25, -0.2) is 0 Å². The van der Waals surface area contributed by atoms with E-state index in [9.17, 15) is 4.79 Å². The first-order valence-electron chi connectivity index (χ1n) is 6.20. The molecule has 2 heterocycles. The Hall–Kier alpha value is -0.920. The molecule has 5 nitrogen and oxygen atoms in total. The van der Waals surface area contributed by atoms with Gasteiger partial charge in [-0.15, -0.1) is 23.1 Å². The molecule has 7 heteroatoms. The lowest BCUT2D eigenvalue weighted by atomic mass is 10.2. The molecular weight excluding hydrogens is 280 g/mol. The number of carbonyl (C=O) groups is 1. The fourth-order valence-electron chi connectivity index (χ4n) is 2.25. The van der Waals surface area contributed by atoms with Crippen molar-refractivity contribution in [1.29, 1.82) is 0 Å². The number of thioether (sulfide) groups is 1. The molecule has 1 aromatic heterocycles. The Morgan fingerprint density at radius 3 is 2.84 bits per heavy atom. The van der Waals surface area contributed by atoms with E-state index in [-0.39, 0.29) is 5.91 Å². The van der Waals surface area contributed by atoms with E-state index in [0.29, 0.717) is 16.6 Å². The maximum Gasteiger partial charge on any atom is 0.263 e. The van der Waals surface area contributed by atoms with Crippen LogP contribution in [0.2, 0.25) is 0 Å². The molecule has 19 heavy (non-hydrogen) atoms. The molecule has 0 aliphatic carbocycles. The first-order valence-corrected chi connectivity index (χ1v) is 8.24. The molecule has 1 saturated heterocycles. The van der Waals surface area contributed by atoms with Gasteiger partial charge in [0, 0.05) is 19.6 Å². The highest BCUT2D eigenvalue weighted by Crippen LogP contribution is 2.42. The summed E-state index contributed by atoms with van der Waals surface area (Å²) in [6.07, 6.45) is 3.11. The van der Waals surface area contributed by atoms with Crippen molar-refractivity contribution in [3.05, 3.63) is 4.88 Å². The lowest BCUT2D eigenvalue weighted by Gasteiger charge is -2.13. The zero-order valence-electron chi connectivity index (χ0n) is 11.4. The number of anilines is 2. The zero-order chi connectivity index (χ0) is 14.0. The van der Waals surface area contributed by atoms with Gasteiger partial charge in [-0.3, -0.25) is 4.79 Å². The van der Waals surface area contributed by atoms with Crippen LogP contribution < -0.4 is 16.4 Å². The largest absolute Gasteiger partial charge is 0.396 e. The number of nitrogens with zero attached hydrogens (tertiary/aromatic N) is 1. The molecule has 0 radical (unpaired) electrons. The van der Waals surface area contributed by atoms with Crippen molar-refractivity contribution in [3.63, 3.8) is 0 Å². The summed E-state index contributed by atoms with van der Waals surface area (Å²) in [5.74, 6) is -0.116. The van der Waals surface area contributed by atoms with E-state index in [4.69, 9.17) is 5.73 Å². The van der Waals surface area contributed by atoms with Crippen LogP contribution in [0.3, 0.4) is 0 Å². The topological polar surface area (TPSA) is 70.4 Å². The molecule has 106 valence electrons. The van der Waals surface area contributed by atoms with Crippen LogP contribution in [-0.4, -0.2) is 50.3 Å². The molecule has 1 aliphatic rings. The van der Waals surface area contributed by atoms with Gasteiger partial charge in [-0.05, 0) is 26.3 Å². The third kappa shape index (κ3) is 2.98. The number of likely N-dealkylation sites (tertiary alicyclic amines) is 1. The number of amides is 1. The van der Waals surface area contributed by atoms with Gasteiger partial charge in [-0.1, -0.05) is 0 Å². The molecule has 1 aliphatic heterocycles. The Kier molecular flexibility index (Phi) is 4.59. The standard InChI is InChI=1S/C12H20N4OS2/c1-14-11(17)9-8(13)10(18-3)12(19-9)15-7-4-5-16(2)6-7/h7,15H,4-6,13H2,1-3H3,(H,14,17). The lowest BCUT2D eigenvalue weighted by Crippen LogP contribution is -2.23. The summed E-state index contributed by atoms with van der Waals surface area (Å²) in [7, 11) is 3.75. The van der Waals surface area contributed by atoms with Crippen LogP contribution in [0.5, 0.6) is 0 Å². The van der Waals surface area contributed by atoms with Crippen LogP contribution in [0.4, 0.5) is 10.7 Å². The van der Waals surface area contributed by atoms with E-state index in [1.54, 1.807) is 18.8 Å². The molecule has 0 bridgehead atoms. The first-order chi connectivity index (χ1) is 9.06.